The van der Waals surface area contributed by atoms with Crippen LogP contribution in [0.2, 0.25) is 0 Å². The summed E-state index contributed by atoms with van der Waals surface area (Å²) < 4.78 is 18.8. The molecule has 19 heavy (non-hydrogen) atoms. The second-order valence-corrected chi connectivity index (χ2v) is 5.01. The Kier molecular flexibility index (Phi) is 4.91. The van der Waals surface area contributed by atoms with Gasteiger partial charge >= 0.3 is 0 Å². The molecule has 0 unspecified atom stereocenters. The molecule has 1 aromatic rings. The van der Waals surface area contributed by atoms with Gasteiger partial charge < -0.3 is 10.1 Å². The van der Waals surface area contributed by atoms with E-state index in [9.17, 15) is 9.18 Å². The van der Waals surface area contributed by atoms with Crippen molar-refractivity contribution in [3.05, 3.63) is 29.6 Å². The number of nitrogens with one attached hydrogen (secondary N) is 1. The standard InChI is InChI=1S/C15H20FNO2/c1-19-14-8-4-5-11(15(14)16)9-13(18)10-17-12-6-2-3-7-12/h4-5,8,12,17H,2-3,6-7,9-10H2,1H3. The number of methoxy groups -OCH3 is 1. The smallest absolute Gasteiger partial charge is 0.168 e. The van der Waals surface area contributed by atoms with Crippen LogP contribution in [0.25, 0.3) is 0 Å². The first-order valence-corrected chi connectivity index (χ1v) is 6.77. The maximum atomic E-state index is 13.9. The molecule has 1 aromatic carbocycles. The number of halogens is 1. The van der Waals surface area contributed by atoms with Gasteiger partial charge in [-0.15, -0.1) is 0 Å². The van der Waals surface area contributed by atoms with Crippen molar-refractivity contribution in [2.24, 2.45) is 0 Å². The predicted molar refractivity (Wildman–Crippen MR) is 71.9 cm³/mol. The Labute approximate surface area is 113 Å². The van der Waals surface area contributed by atoms with Gasteiger partial charge in [0.05, 0.1) is 13.7 Å². The third-order valence-corrected chi connectivity index (χ3v) is 3.59. The van der Waals surface area contributed by atoms with Crippen LogP contribution in [0.3, 0.4) is 0 Å². The highest BCUT2D eigenvalue weighted by Gasteiger charge is 2.16. The average molecular weight is 265 g/mol. The van der Waals surface area contributed by atoms with E-state index in [0.717, 1.165) is 12.8 Å². The molecule has 104 valence electrons. The van der Waals surface area contributed by atoms with E-state index in [0.29, 0.717) is 18.2 Å². The molecule has 1 aliphatic rings. The molecule has 1 aliphatic carbocycles. The number of benzene rings is 1. The first kappa shape index (κ1) is 14.0. The Morgan fingerprint density at radius 1 is 1.42 bits per heavy atom. The molecule has 2 rings (SSSR count). The van der Waals surface area contributed by atoms with Crippen molar-refractivity contribution in [2.45, 2.75) is 38.1 Å². The van der Waals surface area contributed by atoms with Gasteiger partial charge in [0.2, 0.25) is 0 Å². The molecule has 0 saturated heterocycles. The van der Waals surface area contributed by atoms with Gasteiger partial charge in [0, 0.05) is 12.5 Å². The van der Waals surface area contributed by atoms with Crippen LogP contribution in [0.15, 0.2) is 18.2 Å². The van der Waals surface area contributed by atoms with Gasteiger partial charge in [-0.05, 0) is 24.5 Å². The molecule has 0 atom stereocenters. The van der Waals surface area contributed by atoms with Crippen LogP contribution >= 0.6 is 0 Å². The molecule has 0 aliphatic heterocycles. The first-order chi connectivity index (χ1) is 9.20. The summed E-state index contributed by atoms with van der Waals surface area (Å²) in [5, 5.41) is 3.25. The SMILES string of the molecule is COc1cccc(CC(=O)CNC2CCCC2)c1F. The number of hydrogen-bond acceptors (Lipinski definition) is 3. The van der Waals surface area contributed by atoms with Gasteiger partial charge in [0.25, 0.3) is 0 Å². The lowest BCUT2D eigenvalue weighted by molar-refractivity contribution is -0.117. The largest absolute Gasteiger partial charge is 0.494 e. The van der Waals surface area contributed by atoms with Crippen LogP contribution < -0.4 is 10.1 Å². The van der Waals surface area contributed by atoms with Gasteiger partial charge in [0.1, 0.15) is 0 Å². The van der Waals surface area contributed by atoms with Gasteiger partial charge in [-0.1, -0.05) is 25.0 Å². The van der Waals surface area contributed by atoms with Crippen LogP contribution in [0.4, 0.5) is 4.39 Å². The monoisotopic (exact) mass is 265 g/mol. The van der Waals surface area contributed by atoms with Crippen LogP contribution in [-0.2, 0) is 11.2 Å². The Hall–Kier alpha value is -1.42. The van der Waals surface area contributed by atoms with E-state index >= 15 is 0 Å². The third-order valence-electron chi connectivity index (χ3n) is 3.59. The van der Waals surface area contributed by atoms with Gasteiger partial charge in [-0.2, -0.15) is 0 Å². The van der Waals surface area contributed by atoms with Gasteiger partial charge in [0.15, 0.2) is 17.3 Å². The summed E-state index contributed by atoms with van der Waals surface area (Å²) in [6.45, 7) is 0.321. The van der Waals surface area contributed by atoms with Crippen LogP contribution in [0, 0.1) is 5.82 Å². The van der Waals surface area contributed by atoms with E-state index in [1.165, 1.54) is 20.0 Å². The predicted octanol–water partition coefficient (Wildman–Crippen LogP) is 2.48. The van der Waals surface area contributed by atoms with Crippen LogP contribution in [0.1, 0.15) is 31.2 Å². The molecule has 0 radical (unpaired) electrons. The van der Waals surface area contributed by atoms with E-state index in [1.807, 2.05) is 0 Å². The maximum absolute atomic E-state index is 13.9. The Balaban J connectivity index is 1.87. The topological polar surface area (TPSA) is 38.3 Å². The highest BCUT2D eigenvalue weighted by atomic mass is 19.1. The first-order valence-electron chi connectivity index (χ1n) is 6.77. The van der Waals surface area contributed by atoms with E-state index < -0.39 is 5.82 Å². The van der Waals surface area contributed by atoms with E-state index in [2.05, 4.69) is 5.32 Å². The lowest BCUT2D eigenvalue weighted by Crippen LogP contribution is -2.32. The van der Waals surface area contributed by atoms with Crippen molar-refractivity contribution in [3.8, 4) is 5.75 Å². The maximum Gasteiger partial charge on any atom is 0.168 e. The molecule has 4 heteroatoms. The third kappa shape index (κ3) is 3.77. The number of ether oxygens (including phenoxy) is 1. The van der Waals surface area contributed by atoms with Crippen LogP contribution in [-0.4, -0.2) is 25.5 Å². The van der Waals surface area contributed by atoms with Crippen molar-refractivity contribution in [3.63, 3.8) is 0 Å². The van der Waals surface area contributed by atoms with Crippen molar-refractivity contribution in [1.29, 1.82) is 0 Å². The zero-order chi connectivity index (χ0) is 13.7. The molecule has 0 spiro atoms. The van der Waals surface area contributed by atoms with E-state index in [-0.39, 0.29) is 18.0 Å². The van der Waals surface area contributed by atoms with Crippen molar-refractivity contribution in [1.82, 2.24) is 5.32 Å². The highest BCUT2D eigenvalue weighted by Crippen LogP contribution is 2.20. The molecule has 1 saturated carbocycles. The Morgan fingerprint density at radius 2 is 2.16 bits per heavy atom. The number of rotatable bonds is 6. The molecule has 3 nitrogen and oxygen atoms in total. The molecule has 1 fully saturated rings. The summed E-state index contributed by atoms with van der Waals surface area (Å²) in [6, 6.07) is 5.35. The number of carbonyl (C=O) groups is 1. The summed E-state index contributed by atoms with van der Waals surface area (Å²) in [4.78, 5) is 11.9. The second kappa shape index (κ2) is 6.66. The number of Topliss-reactive ketones (excluding diaryl/α,β-unsaturated/α-hetero) is 1. The fourth-order valence-corrected chi connectivity index (χ4v) is 2.51. The van der Waals surface area contributed by atoms with Crippen LogP contribution in [0.5, 0.6) is 5.75 Å². The summed E-state index contributed by atoms with van der Waals surface area (Å²) in [6.07, 6.45) is 4.86. The number of ketones is 1. The molecular formula is C15H20FNO2. The molecule has 1 N–H and O–H groups in total. The fourth-order valence-electron chi connectivity index (χ4n) is 2.51. The molecule has 0 amide bonds. The summed E-state index contributed by atoms with van der Waals surface area (Å²) in [7, 11) is 1.42. The summed E-state index contributed by atoms with van der Waals surface area (Å²) in [5.74, 6) is -0.229. The molecule has 0 aromatic heterocycles. The highest BCUT2D eigenvalue weighted by molar-refractivity contribution is 5.83. The van der Waals surface area contributed by atoms with E-state index in [4.69, 9.17) is 4.74 Å². The Bertz CT molecular complexity index is 442. The second-order valence-electron chi connectivity index (χ2n) is 5.01. The average Bonchev–Trinajstić information content (AvgIpc) is 2.92. The minimum absolute atomic E-state index is 0.0130. The Morgan fingerprint density at radius 3 is 2.84 bits per heavy atom. The summed E-state index contributed by atoms with van der Waals surface area (Å²) >= 11 is 0. The summed E-state index contributed by atoms with van der Waals surface area (Å²) in [5.41, 5.74) is 0.401. The zero-order valence-electron chi connectivity index (χ0n) is 11.2. The normalized spacial score (nSPS) is 15.7. The molecular weight excluding hydrogens is 245 g/mol. The number of hydrogen-bond donors (Lipinski definition) is 1. The fraction of sp³-hybridized carbons (Fsp3) is 0.533. The van der Waals surface area contributed by atoms with Gasteiger partial charge in [-0.25, -0.2) is 4.39 Å². The van der Waals surface area contributed by atoms with Gasteiger partial charge in [-0.3, -0.25) is 4.79 Å². The zero-order valence-corrected chi connectivity index (χ0v) is 11.2. The minimum Gasteiger partial charge on any atom is -0.494 e. The minimum atomic E-state index is -0.431. The molecule has 0 bridgehead atoms. The van der Waals surface area contributed by atoms with Crippen molar-refractivity contribution >= 4 is 5.78 Å². The van der Waals surface area contributed by atoms with Crippen molar-refractivity contribution in [2.75, 3.05) is 13.7 Å². The van der Waals surface area contributed by atoms with Crippen molar-refractivity contribution < 1.29 is 13.9 Å². The molecule has 0 heterocycles. The number of carbonyl (C=O) groups excluding carboxylic acids is 1. The lowest BCUT2D eigenvalue weighted by Gasteiger charge is -2.11. The van der Waals surface area contributed by atoms with E-state index in [1.54, 1.807) is 18.2 Å². The quantitative estimate of drug-likeness (QED) is 0.858. The lowest BCUT2D eigenvalue weighted by atomic mass is 10.1.